The summed E-state index contributed by atoms with van der Waals surface area (Å²) in [7, 11) is -3.79. The van der Waals surface area contributed by atoms with E-state index in [1.807, 2.05) is 0 Å². The van der Waals surface area contributed by atoms with Crippen molar-refractivity contribution in [2.24, 2.45) is 0 Å². The number of alkyl halides is 2. The average Bonchev–Trinajstić information content (AvgIpc) is 2.67. The minimum atomic E-state index is -3.79. The van der Waals surface area contributed by atoms with Gasteiger partial charge < -0.3 is 9.64 Å². The van der Waals surface area contributed by atoms with Gasteiger partial charge in [-0.3, -0.25) is 4.79 Å². The van der Waals surface area contributed by atoms with Gasteiger partial charge in [-0.05, 0) is 42.5 Å². The Kier molecular flexibility index (Phi) is 5.90. The first kappa shape index (κ1) is 20.2. The lowest BCUT2D eigenvalue weighted by Gasteiger charge is -2.34. The van der Waals surface area contributed by atoms with Crippen LogP contribution in [-0.2, 0) is 10.0 Å². The molecule has 28 heavy (non-hydrogen) atoms. The number of piperazine rings is 1. The molecule has 1 amide bonds. The number of amides is 1. The van der Waals surface area contributed by atoms with E-state index in [9.17, 15) is 26.4 Å². The van der Waals surface area contributed by atoms with Gasteiger partial charge in [-0.1, -0.05) is 6.07 Å². The summed E-state index contributed by atoms with van der Waals surface area (Å²) in [6.07, 6.45) is 0. The van der Waals surface area contributed by atoms with Crippen LogP contribution in [0.3, 0.4) is 0 Å². The van der Waals surface area contributed by atoms with Crippen LogP contribution in [0.2, 0.25) is 0 Å². The third kappa shape index (κ3) is 4.45. The van der Waals surface area contributed by atoms with Crippen molar-refractivity contribution < 1.29 is 31.1 Å². The lowest BCUT2D eigenvalue weighted by atomic mass is 10.1. The molecule has 6 nitrogen and oxygen atoms in total. The fourth-order valence-corrected chi connectivity index (χ4v) is 4.30. The van der Waals surface area contributed by atoms with Crippen molar-refractivity contribution in [1.29, 1.82) is 0 Å². The van der Waals surface area contributed by atoms with Gasteiger partial charge in [0.25, 0.3) is 5.91 Å². The van der Waals surface area contributed by atoms with E-state index in [0.29, 0.717) is 0 Å². The van der Waals surface area contributed by atoms with Crippen molar-refractivity contribution in [1.82, 2.24) is 9.21 Å². The van der Waals surface area contributed by atoms with Gasteiger partial charge in [0.2, 0.25) is 10.0 Å². The van der Waals surface area contributed by atoms with Crippen LogP contribution in [0, 0.1) is 5.82 Å². The zero-order valence-corrected chi connectivity index (χ0v) is 15.4. The van der Waals surface area contributed by atoms with E-state index in [0.717, 1.165) is 12.1 Å². The molecule has 0 saturated carbocycles. The summed E-state index contributed by atoms with van der Waals surface area (Å²) in [4.78, 5) is 14.0. The van der Waals surface area contributed by atoms with E-state index < -0.39 is 28.4 Å². The Morgan fingerprint density at radius 3 is 2.25 bits per heavy atom. The predicted octanol–water partition coefficient (Wildman–Crippen LogP) is 2.57. The number of carbonyl (C=O) groups is 1. The first-order valence-electron chi connectivity index (χ1n) is 8.37. The molecule has 1 heterocycles. The zero-order chi connectivity index (χ0) is 20.3. The Bertz CT molecular complexity index is 944. The van der Waals surface area contributed by atoms with Gasteiger partial charge in [-0.2, -0.15) is 13.1 Å². The summed E-state index contributed by atoms with van der Waals surface area (Å²) in [6.45, 7) is -2.58. The zero-order valence-electron chi connectivity index (χ0n) is 14.6. The van der Waals surface area contributed by atoms with Crippen molar-refractivity contribution in [3.8, 4) is 5.75 Å². The fraction of sp³-hybridized carbons (Fsp3) is 0.278. The molecule has 150 valence electrons. The SMILES string of the molecule is O=C(c1cccc(OC(F)F)c1)N1CCN(S(=O)(=O)c2ccc(F)cc2)CC1. The Balaban J connectivity index is 1.66. The molecule has 1 fully saturated rings. The Morgan fingerprint density at radius 1 is 1.00 bits per heavy atom. The highest BCUT2D eigenvalue weighted by molar-refractivity contribution is 7.89. The second-order valence-corrected chi connectivity index (χ2v) is 7.99. The number of ether oxygens (including phenoxy) is 1. The molecule has 0 N–H and O–H groups in total. The van der Waals surface area contributed by atoms with E-state index in [4.69, 9.17) is 0 Å². The van der Waals surface area contributed by atoms with Gasteiger partial charge in [0, 0.05) is 31.7 Å². The third-order valence-electron chi connectivity index (χ3n) is 4.28. The van der Waals surface area contributed by atoms with Crippen molar-refractivity contribution >= 4 is 15.9 Å². The average molecular weight is 414 g/mol. The standard InChI is InChI=1S/C18H17F3N2O4S/c19-14-4-6-16(7-5-14)28(25,26)23-10-8-22(9-11-23)17(24)13-2-1-3-15(12-13)27-18(20)21/h1-7,12,18H,8-11H2. The van der Waals surface area contributed by atoms with Crippen LogP contribution in [0.25, 0.3) is 0 Å². The highest BCUT2D eigenvalue weighted by Gasteiger charge is 2.30. The molecular weight excluding hydrogens is 397 g/mol. The van der Waals surface area contributed by atoms with Crippen molar-refractivity contribution in [2.45, 2.75) is 11.5 Å². The molecule has 10 heteroatoms. The van der Waals surface area contributed by atoms with E-state index in [2.05, 4.69) is 4.74 Å². The van der Waals surface area contributed by atoms with Gasteiger partial charge in [0.05, 0.1) is 4.90 Å². The number of halogens is 3. The fourth-order valence-electron chi connectivity index (χ4n) is 2.88. The first-order chi connectivity index (χ1) is 13.3. The molecule has 0 atom stereocenters. The van der Waals surface area contributed by atoms with Crippen LogP contribution in [0.5, 0.6) is 5.75 Å². The summed E-state index contributed by atoms with van der Waals surface area (Å²) in [5.41, 5.74) is 0.174. The number of rotatable bonds is 5. The van der Waals surface area contributed by atoms with E-state index in [-0.39, 0.29) is 42.4 Å². The number of nitrogens with zero attached hydrogens (tertiary/aromatic N) is 2. The quantitative estimate of drug-likeness (QED) is 0.754. The van der Waals surface area contributed by atoms with Crippen LogP contribution in [0.15, 0.2) is 53.4 Å². The van der Waals surface area contributed by atoms with Crippen LogP contribution < -0.4 is 4.74 Å². The largest absolute Gasteiger partial charge is 0.435 e. The van der Waals surface area contributed by atoms with Crippen LogP contribution in [-0.4, -0.2) is 56.3 Å². The van der Waals surface area contributed by atoms with Crippen LogP contribution >= 0.6 is 0 Å². The Hall–Kier alpha value is -2.59. The topological polar surface area (TPSA) is 66.9 Å². The second-order valence-electron chi connectivity index (χ2n) is 6.06. The molecule has 2 aromatic carbocycles. The maximum Gasteiger partial charge on any atom is 0.387 e. The second kappa shape index (κ2) is 8.19. The molecule has 0 aromatic heterocycles. The number of benzene rings is 2. The van der Waals surface area contributed by atoms with E-state index >= 15 is 0 Å². The molecule has 0 radical (unpaired) electrons. The minimum Gasteiger partial charge on any atom is -0.435 e. The molecule has 0 spiro atoms. The van der Waals surface area contributed by atoms with Crippen LogP contribution in [0.1, 0.15) is 10.4 Å². The smallest absolute Gasteiger partial charge is 0.387 e. The molecule has 1 saturated heterocycles. The summed E-state index contributed by atoms with van der Waals surface area (Å²) in [5, 5.41) is 0. The van der Waals surface area contributed by atoms with E-state index in [1.165, 1.54) is 45.6 Å². The highest BCUT2D eigenvalue weighted by Crippen LogP contribution is 2.21. The lowest BCUT2D eigenvalue weighted by molar-refractivity contribution is -0.0499. The molecule has 0 bridgehead atoms. The molecule has 0 aliphatic carbocycles. The third-order valence-corrected chi connectivity index (χ3v) is 6.20. The van der Waals surface area contributed by atoms with Gasteiger partial charge in [0.15, 0.2) is 0 Å². The number of sulfonamides is 1. The Morgan fingerprint density at radius 2 is 1.64 bits per heavy atom. The minimum absolute atomic E-state index is 0.0227. The van der Waals surface area contributed by atoms with Crippen molar-refractivity contribution in [3.05, 3.63) is 59.9 Å². The lowest BCUT2D eigenvalue weighted by Crippen LogP contribution is -2.50. The predicted molar refractivity (Wildman–Crippen MR) is 94.1 cm³/mol. The number of hydrogen-bond acceptors (Lipinski definition) is 4. The van der Waals surface area contributed by atoms with Crippen molar-refractivity contribution in [2.75, 3.05) is 26.2 Å². The molecule has 0 unspecified atom stereocenters. The van der Waals surface area contributed by atoms with Gasteiger partial charge in [0.1, 0.15) is 11.6 Å². The first-order valence-corrected chi connectivity index (χ1v) is 9.81. The summed E-state index contributed by atoms with van der Waals surface area (Å²) < 4.78 is 68.4. The molecule has 1 aliphatic heterocycles. The van der Waals surface area contributed by atoms with E-state index in [1.54, 1.807) is 0 Å². The summed E-state index contributed by atoms with van der Waals surface area (Å²) in [5.74, 6) is -1.07. The summed E-state index contributed by atoms with van der Waals surface area (Å²) in [6, 6.07) is 9.96. The number of hydrogen-bond donors (Lipinski definition) is 0. The molecular formula is C18H17F3N2O4S. The monoisotopic (exact) mass is 414 g/mol. The van der Waals surface area contributed by atoms with Crippen LogP contribution in [0.4, 0.5) is 13.2 Å². The molecule has 2 aromatic rings. The highest BCUT2D eigenvalue weighted by atomic mass is 32.2. The van der Waals surface area contributed by atoms with Gasteiger partial charge in [-0.25, -0.2) is 12.8 Å². The van der Waals surface area contributed by atoms with Gasteiger partial charge >= 0.3 is 6.61 Å². The van der Waals surface area contributed by atoms with Crippen molar-refractivity contribution in [3.63, 3.8) is 0 Å². The molecule has 1 aliphatic rings. The summed E-state index contributed by atoms with van der Waals surface area (Å²) >= 11 is 0. The van der Waals surface area contributed by atoms with Gasteiger partial charge in [-0.15, -0.1) is 0 Å². The normalized spacial score (nSPS) is 15.6. The number of carbonyl (C=O) groups excluding carboxylic acids is 1. The Labute approximate surface area is 160 Å². The maximum absolute atomic E-state index is 13.0. The molecule has 3 rings (SSSR count). The maximum atomic E-state index is 13.0.